The lowest BCUT2D eigenvalue weighted by Crippen LogP contribution is -2.20. The number of aliphatic hydroxyl groups is 1. The van der Waals surface area contributed by atoms with E-state index in [0.717, 1.165) is 30.0 Å². The van der Waals surface area contributed by atoms with Crippen molar-refractivity contribution in [3.05, 3.63) is 40.7 Å². The van der Waals surface area contributed by atoms with E-state index in [1.165, 1.54) is 0 Å². The Kier molecular flexibility index (Phi) is 5.17. The van der Waals surface area contributed by atoms with Crippen molar-refractivity contribution in [1.29, 1.82) is 0 Å². The number of aryl methyl sites for hydroxylation is 1. The number of nitrogens with zero attached hydrogens (tertiary/aromatic N) is 2. The number of hydrogen-bond donors (Lipinski definition) is 1. The van der Waals surface area contributed by atoms with Crippen LogP contribution >= 0.6 is 11.6 Å². The molecule has 108 valence electrons. The molecule has 0 aliphatic carbocycles. The largest absolute Gasteiger partial charge is 0.441 e. The minimum absolute atomic E-state index is 0.204. The predicted molar refractivity (Wildman–Crippen MR) is 79.7 cm³/mol. The van der Waals surface area contributed by atoms with Crippen LogP contribution in [0.1, 0.15) is 17.9 Å². The number of oxazole rings is 1. The van der Waals surface area contributed by atoms with Gasteiger partial charge in [0.15, 0.2) is 0 Å². The van der Waals surface area contributed by atoms with Crippen LogP contribution in [-0.2, 0) is 6.54 Å². The van der Waals surface area contributed by atoms with E-state index in [2.05, 4.69) is 9.88 Å². The molecule has 0 saturated carbocycles. The Morgan fingerprint density at radius 1 is 1.40 bits per heavy atom. The van der Waals surface area contributed by atoms with Crippen LogP contribution in [0.3, 0.4) is 0 Å². The average molecular weight is 295 g/mol. The van der Waals surface area contributed by atoms with E-state index in [-0.39, 0.29) is 6.61 Å². The summed E-state index contributed by atoms with van der Waals surface area (Å²) in [5, 5.41) is 9.51. The van der Waals surface area contributed by atoms with E-state index < -0.39 is 0 Å². The van der Waals surface area contributed by atoms with Crippen LogP contribution in [0.15, 0.2) is 28.7 Å². The zero-order valence-corrected chi connectivity index (χ0v) is 12.5. The zero-order chi connectivity index (χ0) is 14.5. The molecule has 0 atom stereocenters. The molecule has 1 aromatic heterocycles. The van der Waals surface area contributed by atoms with Crippen LogP contribution in [0, 0.1) is 6.92 Å². The fraction of sp³-hybridized carbons (Fsp3) is 0.400. The highest BCUT2D eigenvalue weighted by molar-refractivity contribution is 6.30. The third-order valence-corrected chi connectivity index (χ3v) is 3.32. The van der Waals surface area contributed by atoms with Crippen molar-refractivity contribution < 1.29 is 9.52 Å². The molecule has 0 saturated heterocycles. The van der Waals surface area contributed by atoms with Gasteiger partial charge in [0.2, 0.25) is 5.89 Å². The van der Waals surface area contributed by atoms with Gasteiger partial charge < -0.3 is 14.4 Å². The highest BCUT2D eigenvalue weighted by atomic mass is 35.5. The topological polar surface area (TPSA) is 49.5 Å². The molecular weight excluding hydrogens is 276 g/mol. The number of aliphatic hydroxyl groups excluding tert-OH is 1. The Morgan fingerprint density at radius 2 is 2.20 bits per heavy atom. The molecule has 0 radical (unpaired) electrons. The molecule has 2 aromatic rings. The highest BCUT2D eigenvalue weighted by Crippen LogP contribution is 2.24. The van der Waals surface area contributed by atoms with Gasteiger partial charge in [-0.2, -0.15) is 0 Å². The van der Waals surface area contributed by atoms with Crippen LogP contribution in [0.5, 0.6) is 0 Å². The summed E-state index contributed by atoms with van der Waals surface area (Å²) in [6.45, 7) is 3.65. The molecule has 1 aromatic carbocycles. The van der Waals surface area contributed by atoms with Gasteiger partial charge in [0.25, 0.3) is 0 Å². The van der Waals surface area contributed by atoms with E-state index in [1.54, 1.807) is 0 Å². The van der Waals surface area contributed by atoms with Crippen molar-refractivity contribution in [2.75, 3.05) is 20.2 Å². The van der Waals surface area contributed by atoms with Crippen LogP contribution in [0.2, 0.25) is 5.02 Å². The monoisotopic (exact) mass is 294 g/mol. The first-order chi connectivity index (χ1) is 9.60. The number of halogens is 1. The molecule has 0 aliphatic rings. The first-order valence-electron chi connectivity index (χ1n) is 6.62. The van der Waals surface area contributed by atoms with Gasteiger partial charge in [-0.05, 0) is 38.6 Å². The Labute approximate surface area is 124 Å². The molecule has 0 amide bonds. The fourth-order valence-corrected chi connectivity index (χ4v) is 2.19. The van der Waals surface area contributed by atoms with Crippen molar-refractivity contribution in [2.24, 2.45) is 0 Å². The zero-order valence-electron chi connectivity index (χ0n) is 11.8. The SMILES string of the molecule is Cc1oc(-c2cccc(Cl)c2)nc1CN(C)CCCO. The van der Waals surface area contributed by atoms with E-state index in [4.69, 9.17) is 21.1 Å². The summed E-state index contributed by atoms with van der Waals surface area (Å²) in [6.07, 6.45) is 0.758. The van der Waals surface area contributed by atoms with Crippen molar-refractivity contribution in [2.45, 2.75) is 19.9 Å². The van der Waals surface area contributed by atoms with Gasteiger partial charge in [-0.1, -0.05) is 17.7 Å². The third-order valence-electron chi connectivity index (χ3n) is 3.08. The van der Waals surface area contributed by atoms with Crippen molar-refractivity contribution in [1.82, 2.24) is 9.88 Å². The lowest BCUT2D eigenvalue weighted by atomic mass is 10.2. The molecule has 4 nitrogen and oxygen atoms in total. The van der Waals surface area contributed by atoms with Crippen molar-refractivity contribution in [3.8, 4) is 11.5 Å². The van der Waals surface area contributed by atoms with Crippen LogP contribution in [0.25, 0.3) is 11.5 Å². The molecule has 0 aliphatic heterocycles. The smallest absolute Gasteiger partial charge is 0.226 e. The van der Waals surface area contributed by atoms with E-state index in [0.29, 0.717) is 17.5 Å². The lowest BCUT2D eigenvalue weighted by Gasteiger charge is -2.14. The van der Waals surface area contributed by atoms with Crippen LogP contribution < -0.4 is 0 Å². The number of benzene rings is 1. The molecule has 0 unspecified atom stereocenters. The molecular formula is C15H19ClN2O2. The molecule has 0 bridgehead atoms. The normalized spacial score (nSPS) is 11.2. The minimum atomic E-state index is 0.204. The first-order valence-corrected chi connectivity index (χ1v) is 6.99. The summed E-state index contributed by atoms with van der Waals surface area (Å²) in [5.41, 5.74) is 1.80. The van der Waals surface area contributed by atoms with Gasteiger partial charge in [-0.15, -0.1) is 0 Å². The second-order valence-corrected chi connectivity index (χ2v) is 5.28. The molecule has 0 spiro atoms. The number of hydrogen-bond acceptors (Lipinski definition) is 4. The summed E-state index contributed by atoms with van der Waals surface area (Å²) in [4.78, 5) is 6.65. The molecule has 1 heterocycles. The van der Waals surface area contributed by atoms with Gasteiger partial charge >= 0.3 is 0 Å². The predicted octanol–water partition coefficient (Wildman–Crippen LogP) is 3.12. The molecule has 1 N–H and O–H groups in total. The fourth-order valence-electron chi connectivity index (χ4n) is 2.00. The van der Waals surface area contributed by atoms with Gasteiger partial charge in [-0.25, -0.2) is 4.98 Å². The molecule has 2 rings (SSSR count). The van der Waals surface area contributed by atoms with E-state index in [9.17, 15) is 0 Å². The van der Waals surface area contributed by atoms with Crippen LogP contribution in [-0.4, -0.2) is 35.2 Å². The summed E-state index contributed by atoms with van der Waals surface area (Å²) >= 11 is 5.98. The summed E-state index contributed by atoms with van der Waals surface area (Å²) in [6, 6.07) is 7.47. The minimum Gasteiger partial charge on any atom is -0.441 e. The highest BCUT2D eigenvalue weighted by Gasteiger charge is 2.13. The maximum absolute atomic E-state index is 8.84. The Hall–Kier alpha value is -1.36. The second-order valence-electron chi connectivity index (χ2n) is 4.85. The van der Waals surface area contributed by atoms with E-state index >= 15 is 0 Å². The van der Waals surface area contributed by atoms with E-state index in [1.807, 2.05) is 38.2 Å². The summed E-state index contributed by atoms with van der Waals surface area (Å²) < 4.78 is 5.72. The Bertz CT molecular complexity index is 569. The first kappa shape index (κ1) is 15.0. The maximum Gasteiger partial charge on any atom is 0.226 e. The standard InChI is InChI=1S/C15H19ClN2O2/c1-11-14(10-18(2)7-4-8-19)17-15(20-11)12-5-3-6-13(16)9-12/h3,5-6,9,19H,4,7-8,10H2,1-2H3. The Morgan fingerprint density at radius 3 is 2.90 bits per heavy atom. The van der Waals surface area contributed by atoms with Gasteiger partial charge in [0.05, 0.1) is 5.69 Å². The van der Waals surface area contributed by atoms with Gasteiger partial charge in [0, 0.05) is 30.3 Å². The van der Waals surface area contributed by atoms with Gasteiger partial charge in [0.1, 0.15) is 5.76 Å². The average Bonchev–Trinajstić information content (AvgIpc) is 2.78. The quantitative estimate of drug-likeness (QED) is 0.889. The molecule has 5 heteroatoms. The summed E-state index contributed by atoms with van der Waals surface area (Å²) in [5.74, 6) is 1.41. The second kappa shape index (κ2) is 6.88. The van der Waals surface area contributed by atoms with Crippen molar-refractivity contribution >= 4 is 11.6 Å². The lowest BCUT2D eigenvalue weighted by molar-refractivity contribution is 0.242. The van der Waals surface area contributed by atoms with Gasteiger partial charge in [-0.3, -0.25) is 0 Å². The Balaban J connectivity index is 2.13. The number of rotatable bonds is 6. The number of aromatic nitrogens is 1. The maximum atomic E-state index is 8.84. The van der Waals surface area contributed by atoms with Crippen molar-refractivity contribution in [3.63, 3.8) is 0 Å². The van der Waals surface area contributed by atoms with Crippen LogP contribution in [0.4, 0.5) is 0 Å². The third kappa shape index (κ3) is 3.82. The molecule has 0 fully saturated rings. The summed E-state index contributed by atoms with van der Waals surface area (Å²) in [7, 11) is 2.00. The molecule has 20 heavy (non-hydrogen) atoms.